The van der Waals surface area contributed by atoms with Crippen LogP contribution in [-0.4, -0.2) is 39.1 Å². The first-order valence-corrected chi connectivity index (χ1v) is 6.06. The molecule has 15 heavy (non-hydrogen) atoms. The van der Waals surface area contributed by atoms with Gasteiger partial charge in [0.25, 0.3) is 5.91 Å². The summed E-state index contributed by atoms with van der Waals surface area (Å²) in [5.74, 6) is -1.41. The second kappa shape index (κ2) is 6.36. The summed E-state index contributed by atoms with van der Waals surface area (Å²) in [7, 11) is -3.57. The van der Waals surface area contributed by atoms with E-state index in [1.807, 2.05) is 4.72 Å². The van der Waals surface area contributed by atoms with E-state index in [4.69, 9.17) is 5.73 Å². The lowest BCUT2D eigenvalue weighted by molar-refractivity contribution is -0.124. The number of amides is 2. The van der Waals surface area contributed by atoms with Gasteiger partial charge in [0.05, 0.1) is 18.8 Å². The predicted molar refractivity (Wildman–Crippen MR) is 54.3 cm³/mol. The molecule has 7 nitrogen and oxygen atoms in total. The molecule has 4 N–H and O–H groups in total. The van der Waals surface area contributed by atoms with Crippen LogP contribution in [0.3, 0.4) is 0 Å². The number of hydrogen-bond acceptors (Lipinski definition) is 5. The molecular weight excluding hydrogens is 222 g/mol. The zero-order valence-corrected chi connectivity index (χ0v) is 9.26. The van der Waals surface area contributed by atoms with Crippen molar-refractivity contribution >= 4 is 21.8 Å². The van der Waals surface area contributed by atoms with E-state index in [2.05, 4.69) is 5.32 Å². The Morgan fingerprint density at radius 1 is 1.27 bits per heavy atom. The van der Waals surface area contributed by atoms with E-state index in [0.29, 0.717) is 6.42 Å². The smallest absolute Gasteiger partial charge is 0.252 e. The van der Waals surface area contributed by atoms with Crippen molar-refractivity contribution in [3.8, 4) is 0 Å². The van der Waals surface area contributed by atoms with Gasteiger partial charge in [0.15, 0.2) is 0 Å². The number of sulfonamides is 1. The Morgan fingerprint density at radius 3 is 2.33 bits per heavy atom. The molecule has 0 unspecified atom stereocenters. The van der Waals surface area contributed by atoms with E-state index >= 15 is 0 Å². The average molecular weight is 237 g/mol. The third-order valence-corrected chi connectivity index (χ3v) is 2.86. The van der Waals surface area contributed by atoms with Gasteiger partial charge in [-0.3, -0.25) is 14.3 Å². The molecule has 0 aromatic carbocycles. The molecule has 0 saturated carbocycles. The fourth-order valence-electron chi connectivity index (χ4n) is 0.780. The van der Waals surface area contributed by atoms with E-state index in [1.54, 1.807) is 6.92 Å². The van der Waals surface area contributed by atoms with Gasteiger partial charge in [0, 0.05) is 0 Å². The van der Waals surface area contributed by atoms with Crippen molar-refractivity contribution in [2.24, 2.45) is 5.73 Å². The molecule has 0 aliphatic rings. The molecule has 0 bridgehead atoms. The minimum atomic E-state index is -3.57. The summed E-state index contributed by atoms with van der Waals surface area (Å²) in [6, 6.07) is 0. The normalized spacial score (nSPS) is 10.8. The molecule has 0 fully saturated rings. The zero-order valence-electron chi connectivity index (χ0n) is 8.45. The molecule has 0 spiro atoms. The van der Waals surface area contributed by atoms with Crippen LogP contribution in [0.1, 0.15) is 13.3 Å². The third kappa shape index (κ3) is 6.86. The van der Waals surface area contributed by atoms with E-state index in [-0.39, 0.29) is 18.8 Å². The third-order valence-electron chi connectivity index (χ3n) is 1.37. The summed E-state index contributed by atoms with van der Waals surface area (Å²) >= 11 is 0. The van der Waals surface area contributed by atoms with Crippen LogP contribution in [0.2, 0.25) is 0 Å². The van der Waals surface area contributed by atoms with E-state index < -0.39 is 21.8 Å². The van der Waals surface area contributed by atoms with Gasteiger partial charge < -0.3 is 11.1 Å². The van der Waals surface area contributed by atoms with Gasteiger partial charge in [-0.25, -0.2) is 8.42 Å². The molecule has 0 aliphatic carbocycles. The van der Waals surface area contributed by atoms with Crippen LogP contribution in [0, 0.1) is 0 Å². The van der Waals surface area contributed by atoms with E-state index in [0.717, 1.165) is 0 Å². The van der Waals surface area contributed by atoms with Crippen molar-refractivity contribution in [2.75, 3.05) is 18.8 Å². The van der Waals surface area contributed by atoms with Crippen molar-refractivity contribution in [1.29, 1.82) is 0 Å². The van der Waals surface area contributed by atoms with Crippen LogP contribution in [0.25, 0.3) is 0 Å². The quantitative estimate of drug-likeness (QED) is 0.490. The Morgan fingerprint density at radius 2 is 1.87 bits per heavy atom. The van der Waals surface area contributed by atoms with Gasteiger partial charge in [-0.15, -0.1) is 0 Å². The van der Waals surface area contributed by atoms with Crippen molar-refractivity contribution in [1.82, 2.24) is 10.0 Å². The van der Waals surface area contributed by atoms with Gasteiger partial charge in [0.1, 0.15) is 0 Å². The van der Waals surface area contributed by atoms with Crippen molar-refractivity contribution in [3.05, 3.63) is 0 Å². The predicted octanol–water partition coefficient (Wildman–Crippen LogP) is -2.08. The lowest BCUT2D eigenvalue weighted by Crippen LogP contribution is -2.42. The number of nitrogens with one attached hydrogen (secondary N) is 2. The van der Waals surface area contributed by atoms with Crippen LogP contribution < -0.4 is 15.8 Å². The molecular formula is C7H15N3O4S. The second-order valence-electron chi connectivity index (χ2n) is 2.82. The maximum Gasteiger partial charge on any atom is 0.252 e. The summed E-state index contributed by atoms with van der Waals surface area (Å²) in [5.41, 5.74) is 4.97. The molecule has 0 aromatic heterocycles. The molecule has 2 amide bonds. The molecule has 0 aliphatic heterocycles. The van der Waals surface area contributed by atoms with Crippen molar-refractivity contribution in [3.63, 3.8) is 0 Å². The highest BCUT2D eigenvalue weighted by molar-refractivity contribution is 7.90. The van der Waals surface area contributed by atoms with Gasteiger partial charge in [-0.1, -0.05) is 6.92 Å². The van der Waals surface area contributed by atoms with Gasteiger partial charge >= 0.3 is 0 Å². The van der Waals surface area contributed by atoms with Crippen molar-refractivity contribution < 1.29 is 18.0 Å². The maximum atomic E-state index is 11.1. The summed E-state index contributed by atoms with van der Waals surface area (Å²) in [6.07, 6.45) is 0.414. The molecule has 0 rings (SSSR count). The maximum absolute atomic E-state index is 11.1. The summed E-state index contributed by atoms with van der Waals surface area (Å²) in [6.45, 7) is 1.05. The van der Waals surface area contributed by atoms with Crippen molar-refractivity contribution in [2.45, 2.75) is 13.3 Å². The molecule has 0 radical (unpaired) electrons. The highest BCUT2D eigenvalue weighted by Crippen LogP contribution is 1.87. The topological polar surface area (TPSA) is 118 Å². The zero-order chi connectivity index (χ0) is 11.9. The van der Waals surface area contributed by atoms with Gasteiger partial charge in [0.2, 0.25) is 15.9 Å². The minimum absolute atomic E-state index is 0.121. The highest BCUT2D eigenvalue weighted by Gasteiger charge is 2.13. The minimum Gasteiger partial charge on any atom is -0.346 e. The van der Waals surface area contributed by atoms with Gasteiger partial charge in [-0.2, -0.15) is 0 Å². The monoisotopic (exact) mass is 237 g/mol. The van der Waals surface area contributed by atoms with Crippen LogP contribution in [0.4, 0.5) is 0 Å². The largest absolute Gasteiger partial charge is 0.346 e. The summed E-state index contributed by atoms with van der Waals surface area (Å²) in [4.78, 5) is 21.7. The number of hydrogen-bond donors (Lipinski definition) is 3. The number of rotatable bonds is 6. The van der Waals surface area contributed by atoms with Crippen LogP contribution in [0.15, 0.2) is 0 Å². The first kappa shape index (κ1) is 13.8. The highest BCUT2D eigenvalue weighted by atomic mass is 32.2. The molecule has 0 aromatic rings. The second-order valence-corrected chi connectivity index (χ2v) is 4.67. The first-order chi connectivity index (χ1) is 6.91. The Kier molecular flexibility index (Phi) is 5.87. The summed E-state index contributed by atoms with van der Waals surface area (Å²) < 4.78 is 24.0. The SMILES string of the molecule is CCCS(=O)(=O)NC(=O)CNC(=O)CN. The molecule has 0 atom stereocenters. The molecule has 0 saturated heterocycles. The first-order valence-electron chi connectivity index (χ1n) is 4.41. The average Bonchev–Trinajstić information content (AvgIpc) is 2.13. The van der Waals surface area contributed by atoms with E-state index in [1.165, 1.54) is 0 Å². The standard InChI is InChI=1S/C7H15N3O4S/c1-2-3-15(13,14)10-7(12)5-9-6(11)4-8/h2-5,8H2,1H3,(H,9,11)(H,10,12). The van der Waals surface area contributed by atoms with Crippen LogP contribution in [-0.2, 0) is 19.6 Å². The van der Waals surface area contributed by atoms with Crippen LogP contribution in [0.5, 0.6) is 0 Å². The van der Waals surface area contributed by atoms with Gasteiger partial charge in [-0.05, 0) is 6.42 Å². The van der Waals surface area contributed by atoms with Crippen LogP contribution >= 0.6 is 0 Å². The summed E-state index contributed by atoms with van der Waals surface area (Å²) in [5, 5.41) is 2.16. The fraction of sp³-hybridized carbons (Fsp3) is 0.714. The number of carbonyl (C=O) groups excluding carboxylic acids is 2. The molecule has 88 valence electrons. The molecule has 0 heterocycles. The number of carbonyl (C=O) groups is 2. The Hall–Kier alpha value is -1.15. The fourth-order valence-corrected chi connectivity index (χ4v) is 1.84. The lowest BCUT2D eigenvalue weighted by Gasteiger charge is -2.06. The Labute approximate surface area is 88.5 Å². The number of nitrogens with two attached hydrogens (primary N) is 1. The Bertz CT molecular complexity index is 325. The lowest BCUT2D eigenvalue weighted by atomic mass is 10.5. The molecule has 8 heteroatoms. The Balaban J connectivity index is 3.99. The van der Waals surface area contributed by atoms with E-state index in [9.17, 15) is 18.0 Å².